The molecular weight excluding hydrogens is 268 g/mol. The molecular formula is C12H26N2O2S2. The molecule has 0 radical (unpaired) electrons. The topological polar surface area (TPSA) is 49.4 Å². The van der Waals surface area contributed by atoms with Gasteiger partial charge in [0.15, 0.2) is 0 Å². The zero-order chi connectivity index (χ0) is 13.4. The van der Waals surface area contributed by atoms with E-state index in [4.69, 9.17) is 0 Å². The Morgan fingerprint density at radius 2 is 2.06 bits per heavy atom. The lowest BCUT2D eigenvalue weighted by atomic mass is 10.2. The van der Waals surface area contributed by atoms with Crippen LogP contribution < -0.4 is 5.32 Å². The number of nitrogens with zero attached hydrogens (tertiary/aromatic N) is 1. The molecule has 6 heteroatoms. The van der Waals surface area contributed by atoms with Crippen LogP contribution in [0.2, 0.25) is 0 Å². The standard InChI is InChI=1S/C12H26N2O2S2/c1-17-12-4-3-8-14(9-5-12)10-6-13-7-11-18(2,15)16/h12-13H,3-11H2,1-2H3. The lowest BCUT2D eigenvalue weighted by molar-refractivity contribution is 0.285. The van der Waals surface area contributed by atoms with Gasteiger partial charge in [-0.3, -0.25) is 0 Å². The Morgan fingerprint density at radius 3 is 2.72 bits per heavy atom. The zero-order valence-corrected chi connectivity index (χ0v) is 13.2. The fourth-order valence-electron chi connectivity index (χ4n) is 2.20. The van der Waals surface area contributed by atoms with Crippen LogP contribution in [-0.2, 0) is 9.84 Å². The van der Waals surface area contributed by atoms with Crippen LogP contribution >= 0.6 is 11.8 Å². The average Bonchev–Trinajstić information content (AvgIpc) is 2.52. The van der Waals surface area contributed by atoms with E-state index >= 15 is 0 Å². The van der Waals surface area contributed by atoms with Crippen molar-refractivity contribution < 1.29 is 8.42 Å². The van der Waals surface area contributed by atoms with Crippen molar-refractivity contribution in [3.05, 3.63) is 0 Å². The molecule has 0 aliphatic carbocycles. The minimum Gasteiger partial charge on any atom is -0.314 e. The molecule has 18 heavy (non-hydrogen) atoms. The van der Waals surface area contributed by atoms with Crippen LogP contribution in [0.4, 0.5) is 0 Å². The van der Waals surface area contributed by atoms with Gasteiger partial charge in [0, 0.05) is 31.1 Å². The van der Waals surface area contributed by atoms with Crippen LogP contribution in [0.25, 0.3) is 0 Å². The highest BCUT2D eigenvalue weighted by atomic mass is 32.2. The molecule has 1 aliphatic rings. The highest BCUT2D eigenvalue weighted by molar-refractivity contribution is 7.99. The quantitative estimate of drug-likeness (QED) is 0.705. The van der Waals surface area contributed by atoms with Crippen LogP contribution in [0.1, 0.15) is 19.3 Å². The van der Waals surface area contributed by atoms with Gasteiger partial charge in [0.2, 0.25) is 0 Å². The van der Waals surface area contributed by atoms with Gasteiger partial charge in [-0.1, -0.05) is 0 Å². The van der Waals surface area contributed by atoms with Gasteiger partial charge in [0.1, 0.15) is 9.84 Å². The molecule has 1 unspecified atom stereocenters. The monoisotopic (exact) mass is 294 g/mol. The fourth-order valence-corrected chi connectivity index (χ4v) is 3.46. The highest BCUT2D eigenvalue weighted by Gasteiger charge is 2.15. The van der Waals surface area contributed by atoms with Crippen molar-refractivity contribution >= 4 is 21.6 Å². The Morgan fingerprint density at radius 1 is 1.28 bits per heavy atom. The number of hydrogen-bond donors (Lipinski definition) is 1. The summed E-state index contributed by atoms with van der Waals surface area (Å²) in [6.45, 7) is 4.86. The van der Waals surface area contributed by atoms with E-state index in [0.29, 0.717) is 6.54 Å². The van der Waals surface area contributed by atoms with Crippen LogP contribution in [0.3, 0.4) is 0 Å². The number of likely N-dealkylation sites (tertiary alicyclic amines) is 1. The van der Waals surface area contributed by atoms with E-state index in [1.165, 1.54) is 38.6 Å². The van der Waals surface area contributed by atoms with E-state index in [9.17, 15) is 8.42 Å². The second kappa shape index (κ2) is 8.40. The molecule has 0 aromatic rings. The molecule has 0 saturated carbocycles. The van der Waals surface area contributed by atoms with Gasteiger partial charge in [0.25, 0.3) is 0 Å². The van der Waals surface area contributed by atoms with E-state index in [2.05, 4.69) is 16.5 Å². The second-order valence-corrected chi connectivity index (χ2v) is 8.41. The Labute approximate surface area is 116 Å². The lowest BCUT2D eigenvalue weighted by Gasteiger charge is -2.20. The first kappa shape index (κ1) is 16.3. The molecule has 0 aromatic carbocycles. The predicted molar refractivity (Wildman–Crippen MR) is 80.2 cm³/mol. The first-order chi connectivity index (χ1) is 8.51. The number of nitrogens with one attached hydrogen (secondary N) is 1. The first-order valence-electron chi connectivity index (χ1n) is 6.65. The maximum Gasteiger partial charge on any atom is 0.148 e. The molecule has 108 valence electrons. The SMILES string of the molecule is CSC1CCCN(CCNCCS(C)(=O)=O)CC1. The van der Waals surface area contributed by atoms with Gasteiger partial charge in [-0.25, -0.2) is 8.42 Å². The van der Waals surface area contributed by atoms with Gasteiger partial charge in [-0.05, 0) is 38.6 Å². The van der Waals surface area contributed by atoms with E-state index in [-0.39, 0.29) is 5.75 Å². The maximum atomic E-state index is 11.0. The largest absolute Gasteiger partial charge is 0.314 e. The third-order valence-corrected chi connectivity index (χ3v) is 5.44. The van der Waals surface area contributed by atoms with Gasteiger partial charge in [0.05, 0.1) is 5.75 Å². The molecule has 1 heterocycles. The molecule has 0 bridgehead atoms. The predicted octanol–water partition coefficient (Wildman–Crippen LogP) is 0.838. The average molecular weight is 294 g/mol. The number of thioether (sulfide) groups is 1. The molecule has 1 atom stereocenters. The summed E-state index contributed by atoms with van der Waals surface area (Å²) in [6.07, 6.45) is 7.39. The smallest absolute Gasteiger partial charge is 0.148 e. The second-order valence-electron chi connectivity index (χ2n) is 5.01. The van der Waals surface area contributed by atoms with Crippen molar-refractivity contribution in [3.8, 4) is 0 Å². The normalized spacial score (nSPS) is 22.9. The Hall–Kier alpha value is 0.220. The molecule has 0 aromatic heterocycles. The molecule has 1 saturated heterocycles. The van der Waals surface area contributed by atoms with E-state index in [1.807, 2.05) is 11.8 Å². The molecule has 0 spiro atoms. The fraction of sp³-hybridized carbons (Fsp3) is 1.00. The lowest BCUT2D eigenvalue weighted by Crippen LogP contribution is -2.34. The summed E-state index contributed by atoms with van der Waals surface area (Å²) in [5.41, 5.74) is 0. The zero-order valence-electron chi connectivity index (χ0n) is 11.5. The highest BCUT2D eigenvalue weighted by Crippen LogP contribution is 2.20. The third kappa shape index (κ3) is 7.61. The summed E-state index contributed by atoms with van der Waals surface area (Å²) < 4.78 is 21.9. The molecule has 1 aliphatic heterocycles. The molecule has 1 N–H and O–H groups in total. The summed E-state index contributed by atoms with van der Waals surface area (Å²) in [5.74, 6) is 0.238. The van der Waals surface area contributed by atoms with Gasteiger partial charge < -0.3 is 10.2 Å². The Bertz CT molecular complexity index is 320. The van der Waals surface area contributed by atoms with Crippen molar-refractivity contribution in [1.29, 1.82) is 0 Å². The number of sulfone groups is 1. The summed E-state index contributed by atoms with van der Waals surface area (Å²) in [6, 6.07) is 0. The van der Waals surface area contributed by atoms with Crippen molar-refractivity contribution in [2.75, 3.05) is 51.0 Å². The minimum atomic E-state index is -2.82. The van der Waals surface area contributed by atoms with E-state index in [0.717, 1.165) is 18.3 Å². The minimum absolute atomic E-state index is 0.238. The summed E-state index contributed by atoms with van der Waals surface area (Å²) in [5, 5.41) is 4.04. The molecule has 1 rings (SSSR count). The Kier molecular flexibility index (Phi) is 7.60. The molecule has 0 amide bonds. The third-order valence-electron chi connectivity index (χ3n) is 3.36. The van der Waals surface area contributed by atoms with Crippen LogP contribution in [-0.4, -0.2) is 69.6 Å². The molecule has 1 fully saturated rings. The van der Waals surface area contributed by atoms with Crippen LogP contribution in [0, 0.1) is 0 Å². The van der Waals surface area contributed by atoms with Crippen LogP contribution in [0.15, 0.2) is 0 Å². The van der Waals surface area contributed by atoms with Crippen molar-refractivity contribution in [3.63, 3.8) is 0 Å². The molecule has 4 nitrogen and oxygen atoms in total. The summed E-state index contributed by atoms with van der Waals surface area (Å²) in [7, 11) is -2.82. The van der Waals surface area contributed by atoms with Crippen molar-refractivity contribution in [1.82, 2.24) is 10.2 Å². The van der Waals surface area contributed by atoms with E-state index in [1.54, 1.807) is 0 Å². The number of hydrogen-bond acceptors (Lipinski definition) is 5. The summed E-state index contributed by atoms with van der Waals surface area (Å²) >= 11 is 1.99. The van der Waals surface area contributed by atoms with Gasteiger partial charge >= 0.3 is 0 Å². The number of rotatable bonds is 7. The Balaban J connectivity index is 2.08. The maximum absolute atomic E-state index is 11.0. The van der Waals surface area contributed by atoms with Crippen molar-refractivity contribution in [2.45, 2.75) is 24.5 Å². The first-order valence-corrected chi connectivity index (χ1v) is 9.99. The van der Waals surface area contributed by atoms with Gasteiger partial charge in [-0.2, -0.15) is 11.8 Å². The van der Waals surface area contributed by atoms with Crippen molar-refractivity contribution in [2.24, 2.45) is 0 Å². The van der Waals surface area contributed by atoms with Gasteiger partial charge in [-0.15, -0.1) is 0 Å². The van der Waals surface area contributed by atoms with Crippen LogP contribution in [0.5, 0.6) is 0 Å². The summed E-state index contributed by atoms with van der Waals surface area (Å²) in [4.78, 5) is 2.49. The van der Waals surface area contributed by atoms with E-state index < -0.39 is 9.84 Å².